The molecule has 13 heavy (non-hydrogen) atoms. The van der Waals surface area contributed by atoms with E-state index in [0.29, 0.717) is 5.92 Å². The molecule has 0 amide bonds. The lowest BCUT2D eigenvalue weighted by atomic mass is 9.99. The maximum Gasteiger partial charge on any atom is 0.0786 e. The molecular formula is C11H23NO. The van der Waals surface area contributed by atoms with Gasteiger partial charge in [0.05, 0.1) is 12.1 Å². The molecule has 78 valence electrons. The number of nitrogens with one attached hydrogen (secondary N) is 1. The molecule has 0 spiro atoms. The number of hydrogen-bond acceptors (Lipinski definition) is 2. The first-order valence-corrected chi connectivity index (χ1v) is 5.14. The SMILES string of the molecule is C=CC(NCC)C(OCC)C(C)C. The van der Waals surface area contributed by atoms with Crippen molar-refractivity contribution < 1.29 is 4.74 Å². The van der Waals surface area contributed by atoms with Crippen molar-refractivity contribution >= 4 is 0 Å². The predicted octanol–water partition coefficient (Wildman–Crippen LogP) is 2.21. The first-order valence-electron chi connectivity index (χ1n) is 5.14. The molecule has 2 heteroatoms. The minimum atomic E-state index is 0.238. The van der Waals surface area contributed by atoms with E-state index in [1.807, 2.05) is 13.0 Å². The van der Waals surface area contributed by atoms with Crippen molar-refractivity contribution in [1.82, 2.24) is 5.32 Å². The van der Waals surface area contributed by atoms with Crippen LogP contribution in [0.15, 0.2) is 12.7 Å². The summed E-state index contributed by atoms with van der Waals surface area (Å²) >= 11 is 0. The highest BCUT2D eigenvalue weighted by Crippen LogP contribution is 2.11. The summed E-state index contributed by atoms with van der Waals surface area (Å²) in [6, 6.07) is 0.268. The summed E-state index contributed by atoms with van der Waals surface area (Å²) in [6.45, 7) is 14.0. The molecular weight excluding hydrogens is 162 g/mol. The first kappa shape index (κ1) is 12.7. The molecule has 0 saturated carbocycles. The van der Waals surface area contributed by atoms with Crippen molar-refractivity contribution in [3.05, 3.63) is 12.7 Å². The third-order valence-corrected chi connectivity index (χ3v) is 2.06. The zero-order chi connectivity index (χ0) is 10.3. The molecule has 0 bridgehead atoms. The molecule has 0 aromatic heterocycles. The lowest BCUT2D eigenvalue weighted by molar-refractivity contribution is 0.0149. The summed E-state index contributed by atoms with van der Waals surface area (Å²) in [5.41, 5.74) is 0. The van der Waals surface area contributed by atoms with Gasteiger partial charge < -0.3 is 10.1 Å². The van der Waals surface area contributed by atoms with Crippen molar-refractivity contribution in [1.29, 1.82) is 0 Å². The normalized spacial score (nSPS) is 15.8. The van der Waals surface area contributed by atoms with Gasteiger partial charge in [0.1, 0.15) is 0 Å². The van der Waals surface area contributed by atoms with E-state index in [1.165, 1.54) is 0 Å². The molecule has 0 aromatic rings. The fourth-order valence-electron chi connectivity index (χ4n) is 1.47. The maximum atomic E-state index is 5.68. The van der Waals surface area contributed by atoms with Crippen LogP contribution in [0.2, 0.25) is 0 Å². The Labute approximate surface area is 82.4 Å². The molecule has 2 nitrogen and oxygen atoms in total. The van der Waals surface area contributed by atoms with Gasteiger partial charge in [-0.2, -0.15) is 0 Å². The van der Waals surface area contributed by atoms with Crippen molar-refractivity contribution in [2.75, 3.05) is 13.2 Å². The molecule has 0 rings (SSSR count). The van der Waals surface area contributed by atoms with E-state index in [9.17, 15) is 0 Å². The highest BCUT2D eigenvalue weighted by atomic mass is 16.5. The largest absolute Gasteiger partial charge is 0.376 e. The van der Waals surface area contributed by atoms with Crippen LogP contribution in [0.4, 0.5) is 0 Å². The Morgan fingerprint density at radius 2 is 2.00 bits per heavy atom. The fourth-order valence-corrected chi connectivity index (χ4v) is 1.47. The first-order chi connectivity index (χ1) is 6.17. The van der Waals surface area contributed by atoms with E-state index in [4.69, 9.17) is 4.74 Å². The highest BCUT2D eigenvalue weighted by molar-refractivity contribution is 4.93. The lowest BCUT2D eigenvalue weighted by Gasteiger charge is -2.28. The van der Waals surface area contributed by atoms with E-state index in [-0.39, 0.29) is 12.1 Å². The Hall–Kier alpha value is -0.340. The van der Waals surface area contributed by atoms with E-state index in [0.717, 1.165) is 13.2 Å². The smallest absolute Gasteiger partial charge is 0.0786 e. The molecule has 2 unspecified atom stereocenters. The summed E-state index contributed by atoms with van der Waals surface area (Å²) < 4.78 is 5.68. The fraction of sp³-hybridized carbons (Fsp3) is 0.818. The lowest BCUT2D eigenvalue weighted by Crippen LogP contribution is -2.42. The van der Waals surface area contributed by atoms with Gasteiger partial charge in [-0.25, -0.2) is 0 Å². The van der Waals surface area contributed by atoms with E-state index < -0.39 is 0 Å². The summed E-state index contributed by atoms with van der Waals surface area (Å²) in [6.07, 6.45) is 2.17. The summed E-state index contributed by atoms with van der Waals surface area (Å²) in [4.78, 5) is 0. The van der Waals surface area contributed by atoms with Crippen molar-refractivity contribution in [2.45, 2.75) is 39.8 Å². The minimum Gasteiger partial charge on any atom is -0.376 e. The van der Waals surface area contributed by atoms with Crippen LogP contribution >= 0.6 is 0 Å². The number of hydrogen-bond donors (Lipinski definition) is 1. The molecule has 0 aliphatic carbocycles. The van der Waals surface area contributed by atoms with Crippen LogP contribution in [-0.4, -0.2) is 25.3 Å². The summed E-state index contributed by atoms with van der Waals surface area (Å²) in [5, 5.41) is 3.36. The van der Waals surface area contributed by atoms with Crippen molar-refractivity contribution in [3.8, 4) is 0 Å². The topological polar surface area (TPSA) is 21.3 Å². The molecule has 0 aliphatic rings. The molecule has 0 aliphatic heterocycles. The summed E-state index contributed by atoms with van der Waals surface area (Å²) in [7, 11) is 0. The standard InChI is InChI=1S/C11H23NO/c1-6-10(12-7-2)11(9(4)5)13-8-3/h6,9-12H,1,7-8H2,2-5H3. The Morgan fingerprint density at radius 3 is 2.31 bits per heavy atom. The van der Waals surface area contributed by atoms with Gasteiger partial charge in [0.15, 0.2) is 0 Å². The van der Waals surface area contributed by atoms with Crippen LogP contribution in [0.25, 0.3) is 0 Å². The van der Waals surface area contributed by atoms with Crippen LogP contribution in [0.3, 0.4) is 0 Å². The number of likely N-dealkylation sites (N-methyl/N-ethyl adjacent to an activating group) is 1. The molecule has 1 N–H and O–H groups in total. The van der Waals surface area contributed by atoms with Gasteiger partial charge in [0.2, 0.25) is 0 Å². The quantitative estimate of drug-likeness (QED) is 0.614. The van der Waals surface area contributed by atoms with Crippen LogP contribution in [-0.2, 0) is 4.74 Å². The van der Waals surface area contributed by atoms with Crippen LogP contribution in [0.5, 0.6) is 0 Å². The van der Waals surface area contributed by atoms with Gasteiger partial charge in [-0.1, -0.05) is 26.8 Å². The highest BCUT2D eigenvalue weighted by Gasteiger charge is 2.21. The van der Waals surface area contributed by atoms with Gasteiger partial charge in [-0.05, 0) is 19.4 Å². The predicted molar refractivity (Wildman–Crippen MR) is 57.9 cm³/mol. The third kappa shape index (κ3) is 4.44. The van der Waals surface area contributed by atoms with E-state index in [1.54, 1.807) is 0 Å². The molecule has 2 atom stereocenters. The van der Waals surface area contributed by atoms with Crippen molar-refractivity contribution in [2.24, 2.45) is 5.92 Å². The Kier molecular flexibility index (Phi) is 6.92. The van der Waals surface area contributed by atoms with Gasteiger partial charge in [-0.15, -0.1) is 6.58 Å². The second kappa shape index (κ2) is 7.10. The van der Waals surface area contributed by atoms with Gasteiger partial charge in [0, 0.05) is 6.61 Å². The minimum absolute atomic E-state index is 0.238. The molecule has 0 aromatic carbocycles. The molecule has 0 heterocycles. The van der Waals surface area contributed by atoms with E-state index in [2.05, 4.69) is 32.7 Å². The molecule has 0 fully saturated rings. The second-order valence-corrected chi connectivity index (χ2v) is 3.48. The van der Waals surface area contributed by atoms with Crippen molar-refractivity contribution in [3.63, 3.8) is 0 Å². The average Bonchev–Trinajstić information content (AvgIpc) is 2.10. The summed E-state index contributed by atoms with van der Waals surface area (Å²) in [5.74, 6) is 0.516. The zero-order valence-corrected chi connectivity index (χ0v) is 9.34. The molecule has 0 saturated heterocycles. The Bertz CT molecular complexity index is 134. The Balaban J connectivity index is 4.20. The number of ether oxygens (including phenoxy) is 1. The van der Waals surface area contributed by atoms with Crippen LogP contribution in [0, 0.1) is 5.92 Å². The van der Waals surface area contributed by atoms with Gasteiger partial charge >= 0.3 is 0 Å². The molecule has 0 radical (unpaired) electrons. The van der Waals surface area contributed by atoms with Crippen LogP contribution in [0.1, 0.15) is 27.7 Å². The van der Waals surface area contributed by atoms with Gasteiger partial charge in [0.25, 0.3) is 0 Å². The third-order valence-electron chi connectivity index (χ3n) is 2.06. The second-order valence-electron chi connectivity index (χ2n) is 3.48. The van der Waals surface area contributed by atoms with Gasteiger partial charge in [-0.3, -0.25) is 0 Å². The van der Waals surface area contributed by atoms with E-state index >= 15 is 0 Å². The Morgan fingerprint density at radius 1 is 1.38 bits per heavy atom. The number of rotatable bonds is 7. The van der Waals surface area contributed by atoms with Crippen LogP contribution < -0.4 is 5.32 Å². The average molecular weight is 185 g/mol. The maximum absolute atomic E-state index is 5.68. The monoisotopic (exact) mass is 185 g/mol. The zero-order valence-electron chi connectivity index (χ0n) is 9.34.